The molecular formula is C28H32F3N5O3. The highest BCUT2D eigenvalue weighted by Gasteiger charge is 2.37. The lowest BCUT2D eigenvalue weighted by Gasteiger charge is -2.40. The van der Waals surface area contributed by atoms with Gasteiger partial charge in [-0.1, -0.05) is 0 Å². The van der Waals surface area contributed by atoms with Crippen molar-refractivity contribution in [2.75, 3.05) is 51.8 Å². The van der Waals surface area contributed by atoms with Gasteiger partial charge in [-0.25, -0.2) is 4.98 Å². The van der Waals surface area contributed by atoms with Crippen LogP contribution in [0.1, 0.15) is 53.1 Å². The van der Waals surface area contributed by atoms with Gasteiger partial charge in [0.15, 0.2) is 0 Å². The quantitative estimate of drug-likeness (QED) is 0.448. The van der Waals surface area contributed by atoms with Gasteiger partial charge < -0.3 is 24.7 Å². The molecular weight excluding hydrogens is 511 g/mol. The predicted molar refractivity (Wildman–Crippen MR) is 141 cm³/mol. The third-order valence-corrected chi connectivity index (χ3v) is 8.02. The molecule has 4 heterocycles. The van der Waals surface area contributed by atoms with Crippen molar-refractivity contribution in [2.24, 2.45) is 0 Å². The Kier molecular flexibility index (Phi) is 6.88. The van der Waals surface area contributed by atoms with Gasteiger partial charge in [-0.2, -0.15) is 13.2 Å². The van der Waals surface area contributed by atoms with E-state index in [1.807, 2.05) is 4.90 Å². The molecule has 1 saturated carbocycles. The number of carbonyl (C=O) groups excluding carboxylic acids is 1. The minimum absolute atomic E-state index is 0.0399. The van der Waals surface area contributed by atoms with E-state index in [4.69, 9.17) is 9.47 Å². The second-order valence-corrected chi connectivity index (χ2v) is 10.5. The number of methoxy groups -OCH3 is 1. The summed E-state index contributed by atoms with van der Waals surface area (Å²) in [6.07, 6.45) is 0.110. The highest BCUT2D eigenvalue weighted by atomic mass is 19.4. The van der Waals surface area contributed by atoms with E-state index in [1.54, 1.807) is 24.3 Å². The van der Waals surface area contributed by atoms with Crippen LogP contribution in [0.25, 0.3) is 11.0 Å². The van der Waals surface area contributed by atoms with Gasteiger partial charge in [0.05, 0.1) is 31.6 Å². The number of pyridine rings is 1. The van der Waals surface area contributed by atoms with Crippen LogP contribution in [-0.2, 0) is 10.9 Å². The molecule has 2 aliphatic heterocycles. The Bertz CT molecular complexity index is 1360. The SMILES string of the molecule is COc1cc(C(=O)N2CCC(N3CCOCC3)CC2)ccc1Nc1cc(C2CC2)c2c(C(F)(F)F)c[nH]c2n1. The summed E-state index contributed by atoms with van der Waals surface area (Å²) >= 11 is 0. The number of anilines is 2. The van der Waals surface area contributed by atoms with Gasteiger partial charge in [-0.15, -0.1) is 0 Å². The number of H-pyrrole nitrogens is 1. The highest BCUT2D eigenvalue weighted by Crippen LogP contribution is 2.47. The fourth-order valence-electron chi connectivity index (χ4n) is 5.79. The van der Waals surface area contributed by atoms with Gasteiger partial charge in [-0.3, -0.25) is 9.69 Å². The number of rotatable bonds is 6. The molecule has 1 amide bonds. The number of fused-ring (bicyclic) bond motifs is 1. The molecule has 11 heteroatoms. The molecule has 1 aromatic carbocycles. The molecule has 3 aromatic rings. The summed E-state index contributed by atoms with van der Waals surface area (Å²) in [5.41, 5.74) is 1.26. The van der Waals surface area contributed by atoms with E-state index in [9.17, 15) is 18.0 Å². The van der Waals surface area contributed by atoms with Gasteiger partial charge in [0.1, 0.15) is 17.2 Å². The Hall–Kier alpha value is -3.31. The number of aromatic amines is 1. The number of alkyl halides is 3. The number of benzene rings is 1. The molecule has 8 nitrogen and oxygen atoms in total. The average molecular weight is 544 g/mol. The summed E-state index contributed by atoms with van der Waals surface area (Å²) in [5, 5.41) is 3.34. The molecule has 1 aliphatic carbocycles. The number of carbonyl (C=O) groups is 1. The highest BCUT2D eigenvalue weighted by molar-refractivity contribution is 5.95. The zero-order chi connectivity index (χ0) is 27.1. The van der Waals surface area contributed by atoms with Crippen molar-refractivity contribution in [3.05, 3.63) is 47.2 Å². The van der Waals surface area contributed by atoms with Crippen LogP contribution < -0.4 is 10.1 Å². The summed E-state index contributed by atoms with van der Waals surface area (Å²) in [4.78, 5) is 24.8. The largest absolute Gasteiger partial charge is 0.495 e. The van der Waals surface area contributed by atoms with Crippen LogP contribution in [-0.4, -0.2) is 78.2 Å². The first-order valence-corrected chi connectivity index (χ1v) is 13.5. The Morgan fingerprint density at radius 2 is 1.85 bits per heavy atom. The Balaban J connectivity index is 1.19. The van der Waals surface area contributed by atoms with E-state index >= 15 is 0 Å². The normalized spacial score (nSPS) is 19.4. The van der Waals surface area contributed by atoms with E-state index in [1.165, 1.54) is 7.11 Å². The van der Waals surface area contributed by atoms with Crippen molar-refractivity contribution in [1.29, 1.82) is 0 Å². The Morgan fingerprint density at radius 3 is 2.51 bits per heavy atom. The molecule has 3 fully saturated rings. The summed E-state index contributed by atoms with van der Waals surface area (Å²) in [5.74, 6) is 0.924. The van der Waals surface area contributed by atoms with Gasteiger partial charge in [0.25, 0.3) is 5.91 Å². The van der Waals surface area contributed by atoms with Gasteiger partial charge in [-0.05, 0) is 61.4 Å². The maximum absolute atomic E-state index is 13.6. The second-order valence-electron chi connectivity index (χ2n) is 10.5. The van der Waals surface area contributed by atoms with Crippen LogP contribution in [0, 0.1) is 0 Å². The molecule has 0 radical (unpaired) electrons. The number of piperidine rings is 1. The van der Waals surface area contributed by atoms with Crippen molar-refractivity contribution in [3.8, 4) is 5.75 Å². The molecule has 0 bridgehead atoms. The fraction of sp³-hybridized carbons (Fsp3) is 0.500. The van der Waals surface area contributed by atoms with Crippen LogP contribution >= 0.6 is 0 Å². The number of morpholine rings is 1. The van der Waals surface area contributed by atoms with E-state index in [0.29, 0.717) is 47.5 Å². The monoisotopic (exact) mass is 543 g/mol. The van der Waals surface area contributed by atoms with Crippen molar-refractivity contribution in [2.45, 2.75) is 43.8 Å². The molecule has 2 saturated heterocycles. The van der Waals surface area contributed by atoms with E-state index < -0.39 is 11.7 Å². The summed E-state index contributed by atoms with van der Waals surface area (Å²) in [7, 11) is 1.52. The zero-order valence-electron chi connectivity index (χ0n) is 21.8. The molecule has 0 atom stereocenters. The Labute approximate surface area is 224 Å². The first-order chi connectivity index (χ1) is 18.8. The number of ether oxygens (including phenoxy) is 2. The van der Waals surface area contributed by atoms with Gasteiger partial charge in [0, 0.05) is 49.4 Å². The number of amides is 1. The molecule has 3 aliphatic rings. The van der Waals surface area contributed by atoms with Crippen LogP contribution in [0.2, 0.25) is 0 Å². The fourth-order valence-corrected chi connectivity index (χ4v) is 5.79. The molecule has 0 unspecified atom stereocenters. The standard InChI is InChI=1S/C28H32F3N5O3/c1-38-23-14-18(27(37)36-8-6-19(7-9-36)35-10-12-39-13-11-35)4-5-22(23)33-24-15-20(17-2-3-17)25-21(28(29,30)31)16-32-26(25)34-24/h4-5,14-17,19H,2-3,6-13H2,1H3,(H2,32,33,34). The lowest BCUT2D eigenvalue weighted by molar-refractivity contribution is -0.136. The number of hydrogen-bond acceptors (Lipinski definition) is 6. The molecule has 39 heavy (non-hydrogen) atoms. The maximum Gasteiger partial charge on any atom is 0.418 e. The van der Waals surface area contributed by atoms with Crippen molar-refractivity contribution in [1.82, 2.24) is 19.8 Å². The number of nitrogens with one attached hydrogen (secondary N) is 2. The van der Waals surface area contributed by atoms with Crippen molar-refractivity contribution < 1.29 is 27.4 Å². The van der Waals surface area contributed by atoms with Crippen LogP contribution in [0.15, 0.2) is 30.5 Å². The van der Waals surface area contributed by atoms with E-state index in [0.717, 1.165) is 58.2 Å². The molecule has 6 rings (SSSR count). The molecule has 0 spiro atoms. The molecule has 2 aromatic heterocycles. The van der Waals surface area contributed by atoms with Gasteiger partial charge >= 0.3 is 6.18 Å². The van der Waals surface area contributed by atoms with Gasteiger partial charge in [0.2, 0.25) is 0 Å². The number of likely N-dealkylation sites (tertiary alicyclic amines) is 1. The molecule has 2 N–H and O–H groups in total. The smallest absolute Gasteiger partial charge is 0.418 e. The number of halogens is 3. The summed E-state index contributed by atoms with van der Waals surface area (Å²) in [6, 6.07) is 7.38. The summed E-state index contributed by atoms with van der Waals surface area (Å²) in [6.45, 7) is 4.83. The lowest BCUT2D eigenvalue weighted by atomic mass is 10.0. The first kappa shape index (κ1) is 25.9. The lowest BCUT2D eigenvalue weighted by Crippen LogP contribution is -2.50. The topological polar surface area (TPSA) is 82.7 Å². The average Bonchev–Trinajstić information content (AvgIpc) is 3.70. The first-order valence-electron chi connectivity index (χ1n) is 13.5. The van der Waals surface area contributed by atoms with Crippen LogP contribution in [0.3, 0.4) is 0 Å². The number of hydrogen-bond donors (Lipinski definition) is 2. The van der Waals surface area contributed by atoms with Crippen LogP contribution in [0.5, 0.6) is 5.75 Å². The maximum atomic E-state index is 13.6. The minimum Gasteiger partial charge on any atom is -0.495 e. The van der Waals surface area contributed by atoms with E-state index in [2.05, 4.69) is 20.2 Å². The Morgan fingerprint density at radius 1 is 1.10 bits per heavy atom. The van der Waals surface area contributed by atoms with Crippen molar-refractivity contribution in [3.63, 3.8) is 0 Å². The third kappa shape index (κ3) is 5.29. The number of nitrogens with zero attached hydrogens (tertiary/aromatic N) is 3. The summed E-state index contributed by atoms with van der Waals surface area (Å²) < 4.78 is 51.8. The van der Waals surface area contributed by atoms with E-state index in [-0.39, 0.29) is 22.9 Å². The number of aromatic nitrogens is 2. The van der Waals surface area contributed by atoms with Crippen LogP contribution in [0.4, 0.5) is 24.7 Å². The molecule has 208 valence electrons. The zero-order valence-corrected chi connectivity index (χ0v) is 21.8. The van der Waals surface area contributed by atoms with Crippen molar-refractivity contribution >= 4 is 28.4 Å². The minimum atomic E-state index is -4.46. The second kappa shape index (κ2) is 10.3. The third-order valence-electron chi connectivity index (χ3n) is 8.02. The predicted octanol–water partition coefficient (Wildman–Crippen LogP) is 5.15.